The van der Waals surface area contributed by atoms with Crippen molar-refractivity contribution in [2.75, 3.05) is 26.7 Å². The largest absolute Gasteiger partial charge is 0.394 e. The van der Waals surface area contributed by atoms with Crippen molar-refractivity contribution in [1.82, 2.24) is 14.4 Å². The number of likely N-dealkylation sites (N-methyl/N-ethyl adjacent to an activating group) is 1. The van der Waals surface area contributed by atoms with Crippen molar-refractivity contribution in [2.45, 2.75) is 45.4 Å². The molecule has 1 aromatic heterocycles. The van der Waals surface area contributed by atoms with Crippen LogP contribution in [0.2, 0.25) is 0 Å². The molecule has 7 nitrogen and oxygen atoms in total. The van der Waals surface area contributed by atoms with E-state index in [9.17, 15) is 14.7 Å². The zero-order chi connectivity index (χ0) is 26.3. The number of rotatable bonds is 5. The predicted octanol–water partition coefficient (Wildman–Crippen LogP) is 4.07. The van der Waals surface area contributed by atoms with Crippen LogP contribution in [0.5, 0.6) is 0 Å². The highest BCUT2D eigenvalue weighted by atomic mass is 16.5. The molecule has 37 heavy (non-hydrogen) atoms. The second-order valence-electron chi connectivity index (χ2n) is 10.8. The van der Waals surface area contributed by atoms with E-state index >= 15 is 0 Å². The number of hydrogen-bond acceptors (Lipinski definition) is 4. The Balaban J connectivity index is 1.63. The minimum atomic E-state index is -0.372. The summed E-state index contributed by atoms with van der Waals surface area (Å²) in [5, 5.41) is 11.1. The number of aliphatic hydroxyl groups is 1. The van der Waals surface area contributed by atoms with Crippen molar-refractivity contribution in [1.29, 1.82) is 0 Å². The van der Waals surface area contributed by atoms with E-state index in [4.69, 9.17) is 4.74 Å². The van der Waals surface area contributed by atoms with E-state index in [1.165, 1.54) is 0 Å². The second kappa shape index (κ2) is 10.3. The molecule has 0 bridgehead atoms. The number of hydrogen-bond donors (Lipinski definition) is 1. The van der Waals surface area contributed by atoms with Gasteiger partial charge in [-0.1, -0.05) is 49.4 Å². The van der Waals surface area contributed by atoms with Gasteiger partial charge in [-0.25, -0.2) is 0 Å². The highest BCUT2D eigenvalue weighted by molar-refractivity contribution is 6.10. The summed E-state index contributed by atoms with van der Waals surface area (Å²) in [6.07, 6.45) is 1.65. The van der Waals surface area contributed by atoms with Crippen LogP contribution in [0, 0.1) is 11.8 Å². The van der Waals surface area contributed by atoms with Crippen molar-refractivity contribution >= 4 is 22.7 Å². The number of aromatic nitrogens is 1. The topological polar surface area (TPSA) is 75.0 Å². The van der Waals surface area contributed by atoms with Crippen molar-refractivity contribution in [3.05, 3.63) is 59.8 Å². The summed E-state index contributed by atoms with van der Waals surface area (Å²) in [7, 11) is 3.78. The maximum absolute atomic E-state index is 14.3. The summed E-state index contributed by atoms with van der Waals surface area (Å²) in [6, 6.07) is 15.8. The Kier molecular flexibility index (Phi) is 7.10. The maximum atomic E-state index is 14.3. The van der Waals surface area contributed by atoms with Crippen LogP contribution in [-0.4, -0.2) is 70.2 Å². The standard InChI is InChI=1S/C30H37N3O4/c1-19-15-33(20(2)17-34)30(36)28-27(24-11-7-8-12-25(24)32(28)4)23-10-6-5-9-22(23)18-37-26(19)16-31(3)29(35)21-13-14-21/h5-12,19-21,26,34H,13-18H2,1-4H3/t19-,20+,26-/m0/s1. The Morgan fingerprint density at radius 3 is 2.59 bits per heavy atom. The fraction of sp³-hybridized carbons (Fsp3) is 0.467. The molecule has 1 fully saturated rings. The van der Waals surface area contributed by atoms with Gasteiger partial charge in [0.1, 0.15) is 5.69 Å². The van der Waals surface area contributed by atoms with Crippen molar-refractivity contribution in [2.24, 2.45) is 18.9 Å². The molecule has 5 rings (SSSR count). The number of amides is 2. The molecule has 0 unspecified atom stereocenters. The smallest absolute Gasteiger partial charge is 0.271 e. The zero-order valence-corrected chi connectivity index (χ0v) is 22.2. The van der Waals surface area contributed by atoms with Crippen LogP contribution in [0.3, 0.4) is 0 Å². The lowest BCUT2D eigenvalue weighted by Gasteiger charge is -2.35. The van der Waals surface area contributed by atoms with Gasteiger partial charge in [-0.05, 0) is 37.0 Å². The molecule has 196 valence electrons. The minimum absolute atomic E-state index is 0.0594. The number of ether oxygens (including phenoxy) is 1. The van der Waals surface area contributed by atoms with E-state index in [1.54, 1.807) is 9.80 Å². The van der Waals surface area contributed by atoms with Gasteiger partial charge < -0.3 is 24.2 Å². The van der Waals surface area contributed by atoms with Crippen LogP contribution in [-0.2, 0) is 23.2 Å². The molecule has 3 aromatic rings. The zero-order valence-electron chi connectivity index (χ0n) is 22.2. The van der Waals surface area contributed by atoms with Gasteiger partial charge >= 0.3 is 0 Å². The highest BCUT2D eigenvalue weighted by Crippen LogP contribution is 2.38. The van der Waals surface area contributed by atoms with Crippen LogP contribution < -0.4 is 0 Å². The van der Waals surface area contributed by atoms with E-state index in [-0.39, 0.29) is 42.4 Å². The molecule has 0 spiro atoms. The van der Waals surface area contributed by atoms with Crippen LogP contribution in [0.1, 0.15) is 42.7 Å². The molecule has 1 N–H and O–H groups in total. The van der Waals surface area contributed by atoms with E-state index in [0.717, 1.165) is 40.4 Å². The molecular weight excluding hydrogens is 466 g/mol. The van der Waals surface area contributed by atoms with E-state index in [2.05, 4.69) is 25.1 Å². The monoisotopic (exact) mass is 503 g/mol. The number of para-hydroxylation sites is 1. The quantitative estimate of drug-likeness (QED) is 0.570. The molecule has 1 saturated carbocycles. The molecule has 0 saturated heterocycles. The highest BCUT2D eigenvalue weighted by Gasteiger charge is 2.36. The van der Waals surface area contributed by atoms with Crippen LogP contribution in [0.4, 0.5) is 0 Å². The fourth-order valence-electron chi connectivity index (χ4n) is 5.53. The van der Waals surface area contributed by atoms with Gasteiger partial charge in [0.15, 0.2) is 0 Å². The molecule has 7 heteroatoms. The summed E-state index contributed by atoms with van der Waals surface area (Å²) < 4.78 is 8.54. The number of fused-ring (bicyclic) bond motifs is 5. The van der Waals surface area contributed by atoms with E-state index in [0.29, 0.717) is 25.4 Å². The summed E-state index contributed by atoms with van der Waals surface area (Å²) in [6.45, 7) is 5.05. The third-order valence-electron chi connectivity index (χ3n) is 7.98. The average molecular weight is 504 g/mol. The van der Waals surface area contributed by atoms with Gasteiger partial charge in [-0.15, -0.1) is 0 Å². The van der Waals surface area contributed by atoms with E-state index < -0.39 is 0 Å². The number of aryl methyl sites for hydroxylation is 1. The Morgan fingerprint density at radius 2 is 1.86 bits per heavy atom. The van der Waals surface area contributed by atoms with Gasteiger partial charge in [0.2, 0.25) is 5.91 Å². The Hall–Kier alpha value is -3.16. The molecule has 2 aliphatic rings. The molecule has 0 radical (unpaired) electrons. The first kappa shape index (κ1) is 25.5. The summed E-state index contributed by atoms with van der Waals surface area (Å²) in [5.41, 5.74) is 4.46. The Bertz CT molecular complexity index is 1310. The number of nitrogens with zero attached hydrogens (tertiary/aromatic N) is 3. The lowest BCUT2D eigenvalue weighted by atomic mass is 9.96. The van der Waals surface area contributed by atoms with Crippen molar-refractivity contribution in [3.8, 4) is 11.1 Å². The summed E-state index contributed by atoms with van der Waals surface area (Å²) >= 11 is 0. The van der Waals surface area contributed by atoms with Crippen LogP contribution in [0.25, 0.3) is 22.0 Å². The summed E-state index contributed by atoms with van der Waals surface area (Å²) in [5.74, 6) is 0.135. The first-order valence-corrected chi connectivity index (χ1v) is 13.3. The third kappa shape index (κ3) is 4.78. The first-order valence-electron chi connectivity index (χ1n) is 13.3. The number of carbonyl (C=O) groups excluding carboxylic acids is 2. The van der Waals surface area contributed by atoms with Gasteiger partial charge in [0, 0.05) is 55.5 Å². The molecule has 2 aromatic carbocycles. The number of aliphatic hydroxyl groups excluding tert-OH is 1. The van der Waals surface area contributed by atoms with Gasteiger partial charge in [-0.2, -0.15) is 0 Å². The fourth-order valence-corrected chi connectivity index (χ4v) is 5.53. The van der Waals surface area contributed by atoms with E-state index in [1.807, 2.05) is 55.9 Å². The SMILES string of the molecule is C[C@H](CO)N1C[C@H](C)[C@H](CN(C)C(=O)C2CC2)OCc2ccccc2-c2c(n(C)c3ccccc23)C1=O. The van der Waals surface area contributed by atoms with Gasteiger partial charge in [0.05, 0.1) is 25.4 Å². The normalized spacial score (nSPS) is 21.2. The summed E-state index contributed by atoms with van der Waals surface area (Å²) in [4.78, 5) is 30.6. The molecule has 2 amide bonds. The Morgan fingerprint density at radius 1 is 1.16 bits per heavy atom. The molecule has 1 aliphatic heterocycles. The van der Waals surface area contributed by atoms with Crippen molar-refractivity contribution in [3.63, 3.8) is 0 Å². The second-order valence-corrected chi connectivity index (χ2v) is 10.8. The lowest BCUT2D eigenvalue weighted by Crippen LogP contribution is -2.48. The van der Waals surface area contributed by atoms with Gasteiger partial charge in [0.25, 0.3) is 5.91 Å². The van der Waals surface area contributed by atoms with Crippen molar-refractivity contribution < 1.29 is 19.4 Å². The van der Waals surface area contributed by atoms with Crippen LogP contribution >= 0.6 is 0 Å². The number of benzene rings is 2. The number of carbonyl (C=O) groups is 2. The minimum Gasteiger partial charge on any atom is -0.394 e. The molecule has 1 aliphatic carbocycles. The Labute approximate surface area is 218 Å². The maximum Gasteiger partial charge on any atom is 0.271 e. The molecule has 2 heterocycles. The third-order valence-corrected chi connectivity index (χ3v) is 7.98. The lowest BCUT2D eigenvalue weighted by molar-refractivity contribution is -0.134. The molecular formula is C30H37N3O4. The first-order chi connectivity index (χ1) is 17.8. The van der Waals surface area contributed by atoms with Gasteiger partial charge in [-0.3, -0.25) is 9.59 Å². The molecule has 3 atom stereocenters. The van der Waals surface area contributed by atoms with Crippen LogP contribution in [0.15, 0.2) is 48.5 Å². The average Bonchev–Trinajstić information content (AvgIpc) is 3.72. The predicted molar refractivity (Wildman–Crippen MR) is 144 cm³/mol.